The molecule has 0 radical (unpaired) electrons. The fraction of sp³-hybridized carbons (Fsp3) is 0.188. The Kier molecular flexibility index (Phi) is 3.74. The highest BCUT2D eigenvalue weighted by Crippen LogP contribution is 2.23. The monoisotopic (exact) mass is 298 g/mol. The summed E-state index contributed by atoms with van der Waals surface area (Å²) in [5.74, 6) is -2.20. The van der Waals surface area contributed by atoms with Gasteiger partial charge in [0, 0.05) is 5.69 Å². The van der Waals surface area contributed by atoms with E-state index in [1.54, 1.807) is 36.4 Å². The van der Waals surface area contributed by atoms with Gasteiger partial charge in [0.15, 0.2) is 11.7 Å². The van der Waals surface area contributed by atoms with Crippen LogP contribution in [0.3, 0.4) is 0 Å². The minimum Gasteiger partial charge on any atom is -0.467 e. The minimum atomic E-state index is -1.28. The van der Waals surface area contributed by atoms with Crippen LogP contribution in [-0.4, -0.2) is 24.1 Å². The van der Waals surface area contributed by atoms with Crippen LogP contribution in [0, 0.1) is 5.92 Å². The van der Waals surface area contributed by atoms with Crippen molar-refractivity contribution in [2.75, 3.05) is 11.4 Å². The lowest BCUT2D eigenvalue weighted by atomic mass is 10.1. The Labute approximate surface area is 126 Å². The zero-order valence-electron chi connectivity index (χ0n) is 11.7. The number of amides is 2. The van der Waals surface area contributed by atoms with Gasteiger partial charge in [-0.15, -0.1) is 0 Å². The van der Waals surface area contributed by atoms with Crippen molar-refractivity contribution in [1.29, 1.82) is 0 Å². The van der Waals surface area contributed by atoms with Crippen molar-refractivity contribution in [2.45, 2.75) is 6.54 Å². The van der Waals surface area contributed by atoms with Gasteiger partial charge in [0.2, 0.25) is 11.8 Å². The van der Waals surface area contributed by atoms with E-state index in [1.807, 2.05) is 6.07 Å². The Hall–Kier alpha value is -2.89. The Morgan fingerprint density at radius 1 is 1.18 bits per heavy atom. The van der Waals surface area contributed by atoms with Crippen LogP contribution in [0.15, 0.2) is 53.1 Å². The summed E-state index contributed by atoms with van der Waals surface area (Å²) in [4.78, 5) is 37.8. The summed E-state index contributed by atoms with van der Waals surface area (Å²) in [7, 11) is 0. The van der Waals surface area contributed by atoms with Gasteiger partial charge in [-0.05, 0) is 24.3 Å². The highest BCUT2D eigenvalue weighted by Gasteiger charge is 2.44. The first-order valence-corrected chi connectivity index (χ1v) is 6.86. The zero-order valence-corrected chi connectivity index (χ0v) is 11.7. The van der Waals surface area contributed by atoms with E-state index < -0.39 is 23.5 Å². The molecule has 1 atom stereocenters. The summed E-state index contributed by atoms with van der Waals surface area (Å²) < 4.78 is 5.10. The van der Waals surface area contributed by atoms with E-state index in [1.165, 1.54) is 11.2 Å². The van der Waals surface area contributed by atoms with Crippen LogP contribution in [0.1, 0.15) is 5.76 Å². The van der Waals surface area contributed by atoms with Crippen molar-refractivity contribution in [3.63, 3.8) is 0 Å². The van der Waals surface area contributed by atoms with Crippen molar-refractivity contribution in [1.82, 2.24) is 5.32 Å². The van der Waals surface area contributed by atoms with E-state index in [0.29, 0.717) is 11.4 Å². The summed E-state index contributed by atoms with van der Waals surface area (Å²) in [6.45, 7) is 0.0654. The Bertz CT molecular complexity index is 694. The molecule has 112 valence electrons. The molecule has 0 aliphatic carbocycles. The predicted octanol–water partition coefficient (Wildman–Crippen LogP) is 1.13. The molecule has 1 aromatic carbocycles. The van der Waals surface area contributed by atoms with Gasteiger partial charge in [0.05, 0.1) is 19.4 Å². The summed E-state index contributed by atoms with van der Waals surface area (Å²) in [6, 6.07) is 12.2. The molecule has 0 bridgehead atoms. The Morgan fingerprint density at radius 3 is 2.64 bits per heavy atom. The first-order valence-electron chi connectivity index (χ1n) is 6.86. The number of hydrogen-bond acceptors (Lipinski definition) is 4. The van der Waals surface area contributed by atoms with Gasteiger partial charge in [-0.1, -0.05) is 18.2 Å². The number of hydrogen-bond donors (Lipinski definition) is 1. The average Bonchev–Trinajstić information content (AvgIpc) is 3.14. The molecule has 6 heteroatoms. The van der Waals surface area contributed by atoms with Crippen LogP contribution in [0.5, 0.6) is 0 Å². The Balaban J connectivity index is 1.70. The SMILES string of the molecule is O=C1CN(c2ccccc2)C(=O)[C@H]1C(=O)NCc1ccco1. The zero-order chi connectivity index (χ0) is 15.5. The van der Waals surface area contributed by atoms with Crippen molar-refractivity contribution < 1.29 is 18.8 Å². The topological polar surface area (TPSA) is 79.6 Å². The second-order valence-corrected chi connectivity index (χ2v) is 4.96. The number of benzene rings is 1. The molecule has 22 heavy (non-hydrogen) atoms. The lowest BCUT2D eigenvalue weighted by Crippen LogP contribution is -2.38. The molecule has 1 N–H and O–H groups in total. The molecule has 3 rings (SSSR count). The number of anilines is 1. The lowest BCUT2D eigenvalue weighted by Gasteiger charge is -2.15. The maximum absolute atomic E-state index is 12.3. The number of carbonyl (C=O) groups excluding carboxylic acids is 3. The number of Topliss-reactive ketones (excluding diaryl/α,β-unsaturated/α-hetero) is 1. The van der Waals surface area contributed by atoms with Gasteiger partial charge in [-0.25, -0.2) is 0 Å². The number of nitrogens with zero attached hydrogens (tertiary/aromatic N) is 1. The molecule has 1 aromatic heterocycles. The van der Waals surface area contributed by atoms with E-state index in [4.69, 9.17) is 4.42 Å². The van der Waals surface area contributed by atoms with Crippen molar-refractivity contribution in [3.8, 4) is 0 Å². The quantitative estimate of drug-likeness (QED) is 0.858. The van der Waals surface area contributed by atoms with E-state index >= 15 is 0 Å². The third-order valence-electron chi connectivity index (χ3n) is 3.50. The number of para-hydroxylation sites is 1. The minimum absolute atomic E-state index is 0.0817. The molecule has 2 heterocycles. The predicted molar refractivity (Wildman–Crippen MR) is 77.8 cm³/mol. The van der Waals surface area contributed by atoms with Crippen LogP contribution in [0.4, 0.5) is 5.69 Å². The number of nitrogens with one attached hydrogen (secondary N) is 1. The van der Waals surface area contributed by atoms with Crippen LogP contribution < -0.4 is 10.2 Å². The molecular weight excluding hydrogens is 284 g/mol. The van der Waals surface area contributed by atoms with Gasteiger partial charge >= 0.3 is 0 Å². The van der Waals surface area contributed by atoms with E-state index in [0.717, 1.165) is 0 Å². The van der Waals surface area contributed by atoms with Crippen molar-refractivity contribution in [2.24, 2.45) is 5.92 Å². The number of carbonyl (C=O) groups is 3. The average molecular weight is 298 g/mol. The fourth-order valence-electron chi connectivity index (χ4n) is 2.39. The molecule has 6 nitrogen and oxygen atoms in total. The molecule has 1 aliphatic heterocycles. The van der Waals surface area contributed by atoms with Crippen LogP contribution in [0.25, 0.3) is 0 Å². The van der Waals surface area contributed by atoms with Gasteiger partial charge in [-0.3, -0.25) is 14.4 Å². The first kappa shape index (κ1) is 14.1. The molecule has 1 aliphatic rings. The molecule has 2 amide bonds. The second-order valence-electron chi connectivity index (χ2n) is 4.96. The second kappa shape index (κ2) is 5.85. The van der Waals surface area contributed by atoms with E-state index in [-0.39, 0.29) is 13.1 Å². The van der Waals surface area contributed by atoms with Gasteiger partial charge in [-0.2, -0.15) is 0 Å². The number of ketones is 1. The van der Waals surface area contributed by atoms with E-state index in [9.17, 15) is 14.4 Å². The summed E-state index contributed by atoms with van der Waals surface area (Å²) in [5.41, 5.74) is 0.613. The Morgan fingerprint density at radius 2 is 1.95 bits per heavy atom. The van der Waals surface area contributed by atoms with Gasteiger partial charge in [0.1, 0.15) is 5.76 Å². The van der Waals surface area contributed by atoms with Crippen LogP contribution in [-0.2, 0) is 20.9 Å². The summed E-state index contributed by atoms with van der Waals surface area (Å²) >= 11 is 0. The maximum Gasteiger partial charge on any atom is 0.247 e. The van der Waals surface area contributed by atoms with Gasteiger partial charge in [0.25, 0.3) is 0 Å². The van der Waals surface area contributed by atoms with Crippen molar-refractivity contribution >= 4 is 23.3 Å². The molecule has 1 fully saturated rings. The molecule has 2 aromatic rings. The summed E-state index contributed by atoms with van der Waals surface area (Å²) in [5, 5.41) is 2.56. The molecule has 0 spiro atoms. The molecule has 1 saturated heterocycles. The lowest BCUT2D eigenvalue weighted by molar-refractivity contribution is -0.137. The number of rotatable bonds is 4. The first-order chi connectivity index (χ1) is 10.7. The summed E-state index contributed by atoms with van der Waals surface area (Å²) in [6.07, 6.45) is 1.49. The fourth-order valence-corrected chi connectivity index (χ4v) is 2.39. The van der Waals surface area contributed by atoms with Crippen molar-refractivity contribution in [3.05, 3.63) is 54.5 Å². The van der Waals surface area contributed by atoms with E-state index in [2.05, 4.69) is 5.32 Å². The maximum atomic E-state index is 12.3. The van der Waals surface area contributed by atoms with Gasteiger partial charge < -0.3 is 14.6 Å². The highest BCUT2D eigenvalue weighted by molar-refractivity contribution is 6.28. The van der Waals surface area contributed by atoms with Crippen LogP contribution >= 0.6 is 0 Å². The molecule has 0 saturated carbocycles. The standard InChI is InChI=1S/C16H14N2O4/c19-13-10-18(11-5-2-1-3-6-11)16(21)14(13)15(20)17-9-12-7-4-8-22-12/h1-8,14H,9-10H2,(H,17,20)/t14-/m1/s1. The third-order valence-corrected chi connectivity index (χ3v) is 3.50. The number of furan rings is 1. The smallest absolute Gasteiger partial charge is 0.247 e. The van der Waals surface area contributed by atoms with Crippen LogP contribution in [0.2, 0.25) is 0 Å². The third kappa shape index (κ3) is 2.63. The normalized spacial score (nSPS) is 17.8. The largest absolute Gasteiger partial charge is 0.467 e. The highest BCUT2D eigenvalue weighted by atomic mass is 16.3. The molecular formula is C16H14N2O4. The molecule has 0 unspecified atom stereocenters.